The van der Waals surface area contributed by atoms with Crippen LogP contribution < -0.4 is 5.32 Å². The lowest BCUT2D eigenvalue weighted by Crippen LogP contribution is -2.52. The van der Waals surface area contributed by atoms with Crippen LogP contribution in [0, 0.1) is 20.8 Å². The van der Waals surface area contributed by atoms with Crippen molar-refractivity contribution in [2.45, 2.75) is 34.1 Å². The summed E-state index contributed by atoms with van der Waals surface area (Å²) < 4.78 is 0. The Balaban J connectivity index is 1.90. The fraction of sp³-hybridized carbons (Fsp3) is 0.579. The summed E-state index contributed by atoms with van der Waals surface area (Å²) in [6, 6.07) is 4.14. The van der Waals surface area contributed by atoms with Crippen LogP contribution in [-0.4, -0.2) is 60.9 Å². The Morgan fingerprint density at radius 1 is 1.04 bits per heavy atom. The number of carbonyl (C=O) groups is 2. The van der Waals surface area contributed by atoms with Crippen molar-refractivity contribution in [1.29, 1.82) is 0 Å². The van der Waals surface area contributed by atoms with E-state index in [9.17, 15) is 9.59 Å². The molecule has 2 amide bonds. The fourth-order valence-electron chi connectivity index (χ4n) is 3.35. The molecule has 0 unspecified atom stereocenters. The lowest BCUT2D eigenvalue weighted by Gasteiger charge is -2.34. The van der Waals surface area contributed by atoms with E-state index in [-0.39, 0.29) is 11.8 Å². The molecular weight excluding hydrogens is 302 g/mol. The van der Waals surface area contributed by atoms with E-state index in [0.29, 0.717) is 26.2 Å². The minimum atomic E-state index is 0.00745. The summed E-state index contributed by atoms with van der Waals surface area (Å²) in [7, 11) is 0. The van der Waals surface area contributed by atoms with E-state index >= 15 is 0 Å². The molecule has 0 radical (unpaired) electrons. The SMILES string of the molecule is CCCNC(=O)N1CCN(CC(=O)c2c(C)cc(C)cc2C)CC1. The molecule has 0 aromatic heterocycles. The molecule has 1 saturated heterocycles. The highest BCUT2D eigenvalue weighted by Gasteiger charge is 2.23. The molecule has 0 atom stereocenters. The molecule has 2 rings (SSSR count). The Labute approximate surface area is 145 Å². The summed E-state index contributed by atoms with van der Waals surface area (Å²) in [6.45, 7) is 12.1. The van der Waals surface area contributed by atoms with Crippen molar-refractivity contribution >= 4 is 11.8 Å². The average Bonchev–Trinajstić information content (AvgIpc) is 2.52. The number of nitrogens with zero attached hydrogens (tertiary/aromatic N) is 2. The summed E-state index contributed by atoms with van der Waals surface area (Å²) in [4.78, 5) is 28.6. The summed E-state index contributed by atoms with van der Waals surface area (Å²) >= 11 is 0. The standard InChI is InChI=1S/C19H29N3O2/c1-5-6-20-19(24)22-9-7-21(8-10-22)13-17(23)18-15(3)11-14(2)12-16(18)4/h11-12H,5-10,13H2,1-4H3,(H,20,24). The summed E-state index contributed by atoms with van der Waals surface area (Å²) in [5, 5.41) is 2.91. The number of rotatable bonds is 5. The van der Waals surface area contributed by atoms with Gasteiger partial charge in [-0.1, -0.05) is 24.6 Å². The van der Waals surface area contributed by atoms with Crippen molar-refractivity contribution in [3.8, 4) is 0 Å². The first-order chi connectivity index (χ1) is 11.4. The molecule has 0 aliphatic carbocycles. The van der Waals surface area contributed by atoms with E-state index in [4.69, 9.17) is 0 Å². The van der Waals surface area contributed by atoms with Gasteiger partial charge in [-0.2, -0.15) is 0 Å². The predicted molar refractivity (Wildman–Crippen MR) is 96.7 cm³/mol. The van der Waals surface area contributed by atoms with E-state index in [2.05, 4.69) is 29.3 Å². The molecule has 1 heterocycles. The van der Waals surface area contributed by atoms with Crippen LogP contribution in [0.1, 0.15) is 40.4 Å². The molecule has 5 heteroatoms. The van der Waals surface area contributed by atoms with Crippen molar-refractivity contribution in [3.63, 3.8) is 0 Å². The van der Waals surface area contributed by atoms with Gasteiger partial charge in [0.25, 0.3) is 0 Å². The number of carbonyl (C=O) groups excluding carboxylic acids is 2. The minimum absolute atomic E-state index is 0.00745. The molecule has 5 nitrogen and oxygen atoms in total. The average molecular weight is 331 g/mol. The molecular formula is C19H29N3O2. The third kappa shape index (κ3) is 4.57. The number of benzene rings is 1. The first kappa shape index (κ1) is 18.5. The highest BCUT2D eigenvalue weighted by atomic mass is 16.2. The molecule has 1 N–H and O–H groups in total. The Morgan fingerprint density at radius 3 is 2.17 bits per heavy atom. The van der Waals surface area contributed by atoms with E-state index in [1.807, 2.05) is 25.7 Å². The van der Waals surface area contributed by atoms with Gasteiger partial charge in [-0.25, -0.2) is 4.79 Å². The summed E-state index contributed by atoms with van der Waals surface area (Å²) in [6.07, 6.45) is 0.940. The molecule has 24 heavy (non-hydrogen) atoms. The van der Waals surface area contributed by atoms with Crippen LogP contribution in [0.15, 0.2) is 12.1 Å². The van der Waals surface area contributed by atoms with Crippen LogP contribution >= 0.6 is 0 Å². The maximum atomic E-state index is 12.7. The van der Waals surface area contributed by atoms with Crippen LogP contribution in [0.5, 0.6) is 0 Å². The van der Waals surface area contributed by atoms with Crippen LogP contribution in [-0.2, 0) is 0 Å². The van der Waals surface area contributed by atoms with Gasteiger partial charge in [-0.3, -0.25) is 9.69 Å². The zero-order chi connectivity index (χ0) is 17.7. The van der Waals surface area contributed by atoms with Crippen molar-refractivity contribution in [1.82, 2.24) is 15.1 Å². The van der Waals surface area contributed by atoms with Gasteiger partial charge in [0, 0.05) is 38.3 Å². The second-order valence-electron chi connectivity index (χ2n) is 6.69. The third-order valence-electron chi connectivity index (χ3n) is 4.51. The van der Waals surface area contributed by atoms with Crippen molar-refractivity contribution in [3.05, 3.63) is 34.4 Å². The van der Waals surface area contributed by atoms with Gasteiger partial charge in [-0.05, 0) is 38.3 Å². The third-order valence-corrected chi connectivity index (χ3v) is 4.51. The first-order valence-corrected chi connectivity index (χ1v) is 8.78. The maximum absolute atomic E-state index is 12.7. The van der Waals surface area contributed by atoms with E-state index < -0.39 is 0 Å². The fourth-order valence-corrected chi connectivity index (χ4v) is 3.35. The van der Waals surface area contributed by atoms with Gasteiger partial charge in [0.2, 0.25) is 0 Å². The van der Waals surface area contributed by atoms with E-state index in [1.54, 1.807) is 0 Å². The number of hydrogen-bond acceptors (Lipinski definition) is 3. The normalized spacial score (nSPS) is 15.4. The second kappa shape index (κ2) is 8.29. The second-order valence-corrected chi connectivity index (χ2v) is 6.69. The lowest BCUT2D eigenvalue weighted by atomic mass is 9.96. The van der Waals surface area contributed by atoms with Crippen LogP contribution in [0.4, 0.5) is 4.79 Å². The predicted octanol–water partition coefficient (Wildman–Crippen LogP) is 2.53. The van der Waals surface area contributed by atoms with Crippen LogP contribution in [0.25, 0.3) is 0 Å². The van der Waals surface area contributed by atoms with Crippen LogP contribution in [0.2, 0.25) is 0 Å². The van der Waals surface area contributed by atoms with Crippen LogP contribution in [0.3, 0.4) is 0 Å². The van der Waals surface area contributed by atoms with Gasteiger partial charge in [0.15, 0.2) is 5.78 Å². The smallest absolute Gasteiger partial charge is 0.317 e. The number of aryl methyl sites for hydroxylation is 3. The highest BCUT2D eigenvalue weighted by Crippen LogP contribution is 2.17. The van der Waals surface area contributed by atoms with Gasteiger partial charge < -0.3 is 10.2 Å². The highest BCUT2D eigenvalue weighted by molar-refractivity contribution is 6.00. The van der Waals surface area contributed by atoms with E-state index in [0.717, 1.165) is 36.2 Å². The van der Waals surface area contributed by atoms with Gasteiger partial charge in [-0.15, -0.1) is 0 Å². The van der Waals surface area contributed by atoms with Crippen molar-refractivity contribution < 1.29 is 9.59 Å². The number of hydrogen-bond donors (Lipinski definition) is 1. The van der Waals surface area contributed by atoms with E-state index in [1.165, 1.54) is 5.56 Å². The number of ketones is 1. The molecule has 0 saturated carbocycles. The molecule has 1 aliphatic rings. The number of amides is 2. The molecule has 1 aromatic carbocycles. The molecule has 0 bridgehead atoms. The molecule has 132 valence electrons. The quantitative estimate of drug-likeness (QED) is 0.844. The maximum Gasteiger partial charge on any atom is 0.317 e. The monoisotopic (exact) mass is 331 g/mol. The molecule has 1 aromatic rings. The Kier molecular flexibility index (Phi) is 6.37. The molecule has 0 spiro atoms. The first-order valence-electron chi connectivity index (χ1n) is 8.78. The number of urea groups is 1. The van der Waals surface area contributed by atoms with Gasteiger partial charge in [0.1, 0.15) is 0 Å². The topological polar surface area (TPSA) is 52.7 Å². The summed E-state index contributed by atoms with van der Waals surface area (Å²) in [5.41, 5.74) is 4.14. The molecule has 1 fully saturated rings. The molecule has 1 aliphatic heterocycles. The Bertz CT molecular complexity index is 582. The zero-order valence-electron chi connectivity index (χ0n) is 15.3. The lowest BCUT2D eigenvalue weighted by molar-refractivity contribution is 0.0877. The summed E-state index contributed by atoms with van der Waals surface area (Å²) in [5.74, 6) is 0.175. The van der Waals surface area contributed by atoms with Gasteiger partial charge >= 0.3 is 6.03 Å². The van der Waals surface area contributed by atoms with Crippen molar-refractivity contribution in [2.24, 2.45) is 0 Å². The number of nitrogens with one attached hydrogen (secondary N) is 1. The Hall–Kier alpha value is -1.88. The Morgan fingerprint density at radius 2 is 1.62 bits per heavy atom. The number of Topliss-reactive ketones (excluding diaryl/α,β-unsaturated/α-hetero) is 1. The van der Waals surface area contributed by atoms with Gasteiger partial charge in [0.05, 0.1) is 6.54 Å². The largest absolute Gasteiger partial charge is 0.338 e. The van der Waals surface area contributed by atoms with Crippen molar-refractivity contribution in [2.75, 3.05) is 39.3 Å². The minimum Gasteiger partial charge on any atom is -0.338 e. The number of piperazine rings is 1. The zero-order valence-corrected chi connectivity index (χ0v) is 15.3.